The van der Waals surface area contributed by atoms with Crippen LogP contribution in [0, 0.1) is 0 Å². The predicted octanol–water partition coefficient (Wildman–Crippen LogP) is 2.93. The third kappa shape index (κ3) is 5.61. The molecule has 1 aliphatic heterocycles. The number of ether oxygens (including phenoxy) is 2. The molecule has 0 saturated heterocycles. The maximum Gasteiger partial charge on any atom is 0.266 e. The minimum Gasteiger partial charge on any atom is -0.494 e. The van der Waals surface area contributed by atoms with Gasteiger partial charge in [-0.3, -0.25) is 10.2 Å². The lowest BCUT2D eigenvalue weighted by Crippen LogP contribution is -2.53. The Labute approximate surface area is 191 Å². The van der Waals surface area contributed by atoms with Gasteiger partial charge in [-0.1, -0.05) is 29.4 Å². The first-order valence-electron chi connectivity index (χ1n) is 10.9. The van der Waals surface area contributed by atoms with Crippen LogP contribution in [0.5, 0.6) is 5.75 Å². The van der Waals surface area contributed by atoms with Gasteiger partial charge in [0.25, 0.3) is 5.91 Å². The lowest BCUT2D eigenvalue weighted by molar-refractivity contribution is -0.127. The summed E-state index contributed by atoms with van der Waals surface area (Å²) in [6.07, 6.45) is 2.81. The van der Waals surface area contributed by atoms with Crippen LogP contribution in [-0.4, -0.2) is 48.3 Å². The van der Waals surface area contributed by atoms with Crippen LogP contribution in [0.15, 0.2) is 58.6 Å². The first-order chi connectivity index (χ1) is 16.1. The van der Waals surface area contributed by atoms with Crippen molar-refractivity contribution in [3.63, 3.8) is 0 Å². The summed E-state index contributed by atoms with van der Waals surface area (Å²) >= 11 is 0. The average molecular weight is 450 g/mol. The molecule has 0 radical (unpaired) electrons. The highest BCUT2D eigenvalue weighted by Gasteiger charge is 2.45. The Balaban J connectivity index is 1.58. The Morgan fingerprint density at radius 3 is 2.79 bits per heavy atom. The Morgan fingerprint density at radius 2 is 2.06 bits per heavy atom. The van der Waals surface area contributed by atoms with E-state index in [1.165, 1.54) is 0 Å². The molecule has 1 amide bonds. The smallest absolute Gasteiger partial charge is 0.266 e. The van der Waals surface area contributed by atoms with Crippen molar-refractivity contribution in [2.24, 2.45) is 10.1 Å². The van der Waals surface area contributed by atoms with Gasteiger partial charge in [-0.05, 0) is 48.2 Å². The number of rotatable bonds is 11. The molecule has 33 heavy (non-hydrogen) atoms. The zero-order valence-electron chi connectivity index (χ0n) is 18.1. The number of aliphatic hydroxyl groups excluding tert-OH is 1. The van der Waals surface area contributed by atoms with E-state index >= 15 is 0 Å². The van der Waals surface area contributed by atoms with Gasteiger partial charge in [0.05, 0.1) is 6.61 Å². The largest absolute Gasteiger partial charge is 0.494 e. The second-order valence-corrected chi connectivity index (χ2v) is 8.05. The van der Waals surface area contributed by atoms with Gasteiger partial charge in [0, 0.05) is 41.7 Å². The van der Waals surface area contributed by atoms with Crippen LogP contribution < -0.4 is 15.6 Å². The topological polar surface area (TPSA) is 141 Å². The lowest BCUT2D eigenvalue weighted by atomic mass is 9.91. The molecule has 0 bridgehead atoms. The maximum atomic E-state index is 13.2. The fourth-order valence-corrected chi connectivity index (χ4v) is 3.46. The SMILES string of the molecule is [N-]=[N+]=Nc1ccccc1C[C@@]1(C(=O)NNC2CC2)COC(c2ccc(OCCCO)cc2)=N1. The number of carbonyl (C=O) groups is 1. The molecular weight excluding hydrogens is 424 g/mol. The van der Waals surface area contributed by atoms with E-state index in [0.717, 1.165) is 18.4 Å². The number of hydrogen-bond donors (Lipinski definition) is 3. The van der Waals surface area contributed by atoms with Crippen LogP contribution >= 0.6 is 0 Å². The third-order valence-corrected chi connectivity index (χ3v) is 5.45. The van der Waals surface area contributed by atoms with E-state index < -0.39 is 5.54 Å². The van der Waals surface area contributed by atoms with Gasteiger partial charge in [0.1, 0.15) is 12.4 Å². The normalized spacial score (nSPS) is 19.2. The summed E-state index contributed by atoms with van der Waals surface area (Å²) in [5.74, 6) is 0.732. The van der Waals surface area contributed by atoms with Crippen molar-refractivity contribution >= 4 is 17.5 Å². The van der Waals surface area contributed by atoms with E-state index in [1.807, 2.05) is 24.3 Å². The van der Waals surface area contributed by atoms with E-state index in [1.54, 1.807) is 24.3 Å². The standard InChI is InChI=1S/C23H26N6O4/c24-29-27-20-5-2-1-4-17(20)14-23(22(31)28-26-18-8-9-18)15-33-21(25-23)16-6-10-19(11-7-16)32-13-3-12-30/h1-2,4-7,10-11,18,26,30H,3,8-9,12-15H2,(H,28,31)/t23-/m0/s1. The summed E-state index contributed by atoms with van der Waals surface area (Å²) in [6, 6.07) is 14.6. The van der Waals surface area contributed by atoms with Crippen molar-refractivity contribution < 1.29 is 19.4 Å². The Bertz CT molecular complexity index is 1060. The summed E-state index contributed by atoms with van der Waals surface area (Å²) in [6.45, 7) is 0.556. The first-order valence-corrected chi connectivity index (χ1v) is 10.9. The minimum atomic E-state index is -1.21. The molecule has 1 saturated carbocycles. The third-order valence-electron chi connectivity index (χ3n) is 5.45. The molecule has 172 valence electrons. The van der Waals surface area contributed by atoms with Crippen LogP contribution in [0.2, 0.25) is 0 Å². The summed E-state index contributed by atoms with van der Waals surface area (Å²) in [7, 11) is 0. The van der Waals surface area contributed by atoms with Crippen molar-refractivity contribution in [3.05, 3.63) is 70.1 Å². The zero-order valence-corrected chi connectivity index (χ0v) is 18.1. The highest BCUT2D eigenvalue weighted by Crippen LogP contribution is 2.31. The molecule has 2 aliphatic rings. The van der Waals surface area contributed by atoms with Gasteiger partial charge in [0.2, 0.25) is 5.90 Å². The molecule has 10 nitrogen and oxygen atoms in total. The van der Waals surface area contributed by atoms with Gasteiger partial charge in [-0.25, -0.2) is 10.4 Å². The number of azide groups is 1. The summed E-state index contributed by atoms with van der Waals surface area (Å²) < 4.78 is 11.5. The van der Waals surface area contributed by atoms with E-state index in [9.17, 15) is 4.79 Å². The van der Waals surface area contributed by atoms with E-state index in [4.69, 9.17) is 25.1 Å². The van der Waals surface area contributed by atoms with Crippen molar-refractivity contribution in [3.8, 4) is 5.75 Å². The molecule has 2 aromatic rings. The van der Waals surface area contributed by atoms with Crippen LogP contribution in [0.3, 0.4) is 0 Å². The Morgan fingerprint density at radius 1 is 1.27 bits per heavy atom. The second-order valence-electron chi connectivity index (χ2n) is 8.05. The number of nitrogens with one attached hydrogen (secondary N) is 2. The molecule has 10 heteroatoms. The highest BCUT2D eigenvalue weighted by atomic mass is 16.5. The first kappa shape index (κ1) is 22.6. The van der Waals surface area contributed by atoms with Gasteiger partial charge < -0.3 is 14.6 Å². The number of amides is 1. The average Bonchev–Trinajstić information content (AvgIpc) is 3.57. The molecule has 3 N–H and O–H groups in total. The molecule has 1 aliphatic carbocycles. The quantitative estimate of drug-likeness (QED) is 0.159. The molecule has 1 heterocycles. The number of nitrogens with zero attached hydrogens (tertiary/aromatic N) is 4. The Kier molecular flexibility index (Phi) is 7.09. The van der Waals surface area contributed by atoms with Crippen molar-refractivity contribution in [2.75, 3.05) is 19.8 Å². The van der Waals surface area contributed by atoms with E-state index in [0.29, 0.717) is 35.9 Å². The number of carbonyl (C=O) groups excluding carboxylic acids is 1. The molecule has 0 spiro atoms. The van der Waals surface area contributed by atoms with Gasteiger partial charge in [-0.15, -0.1) is 0 Å². The fourth-order valence-electron chi connectivity index (χ4n) is 3.46. The predicted molar refractivity (Wildman–Crippen MR) is 122 cm³/mol. The zero-order chi connectivity index (χ0) is 23.1. The second kappa shape index (κ2) is 10.4. The number of hydrazine groups is 1. The van der Waals surface area contributed by atoms with Crippen molar-refractivity contribution in [1.82, 2.24) is 10.9 Å². The minimum absolute atomic E-state index is 0.0554. The van der Waals surface area contributed by atoms with Gasteiger partial charge >= 0.3 is 0 Å². The lowest BCUT2D eigenvalue weighted by Gasteiger charge is -2.24. The van der Waals surface area contributed by atoms with Crippen molar-refractivity contribution in [1.29, 1.82) is 0 Å². The van der Waals surface area contributed by atoms with Gasteiger partial charge in [-0.2, -0.15) is 0 Å². The summed E-state index contributed by atoms with van der Waals surface area (Å²) in [4.78, 5) is 20.9. The van der Waals surface area contributed by atoms with Crippen molar-refractivity contribution in [2.45, 2.75) is 37.3 Å². The number of aliphatic imine (C=N–C) groups is 1. The highest BCUT2D eigenvalue weighted by molar-refractivity contribution is 6.00. The molecule has 1 fully saturated rings. The monoisotopic (exact) mass is 450 g/mol. The Hall–Kier alpha value is -3.59. The molecule has 2 aromatic carbocycles. The summed E-state index contributed by atoms with van der Waals surface area (Å²) in [5, 5.41) is 12.6. The molecule has 1 atom stereocenters. The molecule has 4 rings (SSSR count). The van der Waals surface area contributed by atoms with E-state index in [2.05, 4.69) is 20.9 Å². The summed E-state index contributed by atoms with van der Waals surface area (Å²) in [5.41, 5.74) is 15.4. The van der Waals surface area contributed by atoms with Crippen LogP contribution in [0.25, 0.3) is 10.4 Å². The number of benzene rings is 2. The van der Waals surface area contributed by atoms with E-state index in [-0.39, 0.29) is 31.6 Å². The maximum absolute atomic E-state index is 13.2. The fraction of sp³-hybridized carbons (Fsp3) is 0.391. The van der Waals surface area contributed by atoms with Crippen LogP contribution in [-0.2, 0) is 16.0 Å². The number of hydrogen-bond acceptors (Lipinski definition) is 7. The van der Waals surface area contributed by atoms with Crippen LogP contribution in [0.1, 0.15) is 30.4 Å². The van der Waals surface area contributed by atoms with Crippen LogP contribution in [0.4, 0.5) is 5.69 Å². The molecular formula is C23H26N6O4. The van der Waals surface area contributed by atoms with Gasteiger partial charge in [0.15, 0.2) is 5.54 Å². The molecule has 0 unspecified atom stereocenters. The molecule has 0 aromatic heterocycles. The number of aliphatic hydroxyl groups is 1.